The molecule has 5 heteroatoms. The molecule has 78 valence electrons. The smallest absolute Gasteiger partial charge is 0.303 e. The molecular weight excluding hydrogens is 194 g/mol. The van der Waals surface area contributed by atoms with Gasteiger partial charge in [-0.1, -0.05) is 6.07 Å². The summed E-state index contributed by atoms with van der Waals surface area (Å²) in [6, 6.07) is 6.88. The minimum atomic E-state index is 0.148. The van der Waals surface area contributed by atoms with Gasteiger partial charge in [0.25, 0.3) is 0 Å². The molecule has 0 aliphatic heterocycles. The minimum absolute atomic E-state index is 0.148. The highest BCUT2D eigenvalue weighted by Gasteiger charge is 2.05. The summed E-state index contributed by atoms with van der Waals surface area (Å²) in [5.41, 5.74) is 5.60. The Morgan fingerprint density at radius 2 is 2.27 bits per heavy atom. The summed E-state index contributed by atoms with van der Waals surface area (Å²) < 4.78 is 7.04. The molecule has 0 atom stereocenters. The lowest BCUT2D eigenvalue weighted by Crippen LogP contribution is -1.98. The lowest BCUT2D eigenvalue weighted by Gasteiger charge is -2.05. The maximum atomic E-state index is 9.23. The van der Waals surface area contributed by atoms with Crippen LogP contribution in [-0.2, 0) is 7.05 Å². The number of rotatable bonds is 2. The fourth-order valence-corrected chi connectivity index (χ4v) is 1.15. The first-order chi connectivity index (χ1) is 7.16. The van der Waals surface area contributed by atoms with Crippen LogP contribution in [0.1, 0.15) is 0 Å². The van der Waals surface area contributed by atoms with Crippen LogP contribution in [0.5, 0.6) is 17.5 Å². The molecule has 0 fully saturated rings. The van der Waals surface area contributed by atoms with Crippen LogP contribution in [0.25, 0.3) is 0 Å². The van der Waals surface area contributed by atoms with E-state index in [4.69, 9.17) is 10.5 Å². The fourth-order valence-electron chi connectivity index (χ4n) is 1.15. The molecule has 0 spiro atoms. The second kappa shape index (κ2) is 3.53. The first-order valence-corrected chi connectivity index (χ1v) is 4.41. The Labute approximate surface area is 86.7 Å². The van der Waals surface area contributed by atoms with Gasteiger partial charge in [-0.3, -0.25) is 4.57 Å². The fraction of sp³-hybridized carbons (Fsp3) is 0.100. The predicted molar refractivity (Wildman–Crippen MR) is 55.8 cm³/mol. The van der Waals surface area contributed by atoms with Crippen LogP contribution in [0.2, 0.25) is 0 Å². The summed E-state index contributed by atoms with van der Waals surface area (Å²) in [6.45, 7) is 0. The van der Waals surface area contributed by atoms with Gasteiger partial charge in [-0.2, -0.15) is 0 Å². The summed E-state index contributed by atoms with van der Waals surface area (Å²) in [7, 11) is 1.75. The summed E-state index contributed by atoms with van der Waals surface area (Å²) in [5, 5.41) is 9.23. The van der Waals surface area contributed by atoms with E-state index in [9.17, 15) is 5.11 Å². The van der Waals surface area contributed by atoms with Crippen molar-refractivity contribution in [1.29, 1.82) is 0 Å². The summed E-state index contributed by atoms with van der Waals surface area (Å²) >= 11 is 0. The first-order valence-electron chi connectivity index (χ1n) is 4.41. The van der Waals surface area contributed by atoms with E-state index in [2.05, 4.69) is 4.98 Å². The van der Waals surface area contributed by atoms with Crippen molar-refractivity contribution in [2.45, 2.75) is 0 Å². The van der Waals surface area contributed by atoms with Crippen molar-refractivity contribution in [3.63, 3.8) is 0 Å². The minimum Gasteiger partial charge on any atom is -0.508 e. The number of imidazole rings is 1. The van der Waals surface area contributed by atoms with E-state index < -0.39 is 0 Å². The highest BCUT2D eigenvalue weighted by atomic mass is 16.5. The van der Waals surface area contributed by atoms with Gasteiger partial charge in [-0.05, 0) is 12.1 Å². The van der Waals surface area contributed by atoms with Gasteiger partial charge >= 0.3 is 6.01 Å². The number of aromatic hydroxyl groups is 1. The second-order valence-corrected chi connectivity index (χ2v) is 3.12. The molecule has 0 bridgehead atoms. The number of aromatic nitrogens is 2. The van der Waals surface area contributed by atoms with E-state index in [1.807, 2.05) is 0 Å². The number of ether oxygens (including phenoxy) is 1. The zero-order chi connectivity index (χ0) is 10.8. The van der Waals surface area contributed by atoms with Crippen LogP contribution in [0.4, 0.5) is 5.82 Å². The number of nitrogen functional groups attached to an aromatic ring is 1. The van der Waals surface area contributed by atoms with Crippen LogP contribution in [0.15, 0.2) is 30.5 Å². The molecule has 1 aromatic heterocycles. The largest absolute Gasteiger partial charge is 0.508 e. The standard InChI is InChI=1S/C10H11N3O2/c1-13-9(11)6-12-10(13)15-8-4-2-3-7(14)5-8/h2-6,14H,11H2,1H3. The van der Waals surface area contributed by atoms with Crippen molar-refractivity contribution in [3.8, 4) is 17.5 Å². The van der Waals surface area contributed by atoms with Crippen LogP contribution in [-0.4, -0.2) is 14.7 Å². The van der Waals surface area contributed by atoms with Crippen LogP contribution >= 0.6 is 0 Å². The molecule has 0 saturated carbocycles. The SMILES string of the molecule is Cn1c(N)cnc1Oc1cccc(O)c1. The number of phenols is 1. The third kappa shape index (κ3) is 1.85. The van der Waals surface area contributed by atoms with Crippen LogP contribution in [0.3, 0.4) is 0 Å². The van der Waals surface area contributed by atoms with Gasteiger partial charge in [0.1, 0.15) is 17.3 Å². The Hall–Kier alpha value is -2.17. The second-order valence-electron chi connectivity index (χ2n) is 3.12. The molecule has 5 nitrogen and oxygen atoms in total. The van der Waals surface area contributed by atoms with Gasteiger partial charge < -0.3 is 15.6 Å². The van der Waals surface area contributed by atoms with Gasteiger partial charge in [0, 0.05) is 13.1 Å². The quantitative estimate of drug-likeness (QED) is 0.779. The number of hydrogen-bond donors (Lipinski definition) is 2. The molecule has 1 aromatic carbocycles. The molecule has 15 heavy (non-hydrogen) atoms. The van der Waals surface area contributed by atoms with Gasteiger partial charge in [0.05, 0.1) is 6.20 Å². The van der Waals surface area contributed by atoms with E-state index >= 15 is 0 Å². The Bertz CT molecular complexity index is 479. The van der Waals surface area contributed by atoms with E-state index in [0.29, 0.717) is 17.6 Å². The summed E-state index contributed by atoms with van der Waals surface area (Å²) in [5.74, 6) is 1.18. The third-order valence-electron chi connectivity index (χ3n) is 2.01. The van der Waals surface area contributed by atoms with Crippen molar-refractivity contribution in [2.24, 2.45) is 7.05 Å². The topological polar surface area (TPSA) is 73.3 Å². The zero-order valence-corrected chi connectivity index (χ0v) is 8.21. The molecule has 1 heterocycles. The number of phenolic OH excluding ortho intramolecular Hbond substituents is 1. The Kier molecular flexibility index (Phi) is 2.21. The van der Waals surface area contributed by atoms with E-state index in [1.165, 1.54) is 12.3 Å². The van der Waals surface area contributed by atoms with Crippen molar-refractivity contribution in [2.75, 3.05) is 5.73 Å². The van der Waals surface area contributed by atoms with E-state index in [1.54, 1.807) is 29.8 Å². The highest BCUT2D eigenvalue weighted by molar-refractivity contribution is 5.35. The van der Waals surface area contributed by atoms with Gasteiger partial charge in [-0.25, -0.2) is 4.98 Å². The summed E-state index contributed by atoms with van der Waals surface area (Å²) in [6.07, 6.45) is 1.51. The Morgan fingerprint density at radius 1 is 1.47 bits per heavy atom. The maximum Gasteiger partial charge on any atom is 0.303 e. The zero-order valence-electron chi connectivity index (χ0n) is 8.21. The molecule has 0 aliphatic rings. The molecule has 0 radical (unpaired) electrons. The molecule has 3 N–H and O–H groups in total. The van der Waals surface area contributed by atoms with Gasteiger partial charge in [0.2, 0.25) is 0 Å². The number of nitrogens with zero attached hydrogens (tertiary/aromatic N) is 2. The van der Waals surface area contributed by atoms with Crippen LogP contribution in [0, 0.1) is 0 Å². The summed E-state index contributed by atoms with van der Waals surface area (Å²) in [4.78, 5) is 3.97. The number of anilines is 1. The highest BCUT2D eigenvalue weighted by Crippen LogP contribution is 2.24. The third-order valence-corrected chi connectivity index (χ3v) is 2.01. The maximum absolute atomic E-state index is 9.23. The predicted octanol–water partition coefficient (Wildman–Crippen LogP) is 1.50. The number of hydrogen-bond acceptors (Lipinski definition) is 4. The normalized spacial score (nSPS) is 10.2. The van der Waals surface area contributed by atoms with Crippen molar-refractivity contribution >= 4 is 5.82 Å². The average molecular weight is 205 g/mol. The molecule has 0 amide bonds. The Morgan fingerprint density at radius 3 is 2.87 bits per heavy atom. The lowest BCUT2D eigenvalue weighted by atomic mass is 10.3. The van der Waals surface area contributed by atoms with Crippen molar-refractivity contribution in [1.82, 2.24) is 9.55 Å². The molecule has 0 saturated heterocycles. The first kappa shape index (κ1) is 9.39. The van der Waals surface area contributed by atoms with E-state index in [0.717, 1.165) is 0 Å². The number of nitrogens with two attached hydrogens (primary N) is 1. The average Bonchev–Trinajstić information content (AvgIpc) is 2.50. The van der Waals surface area contributed by atoms with Crippen LogP contribution < -0.4 is 10.5 Å². The molecule has 2 aromatic rings. The van der Waals surface area contributed by atoms with E-state index in [-0.39, 0.29) is 5.75 Å². The lowest BCUT2D eigenvalue weighted by molar-refractivity contribution is 0.418. The number of benzene rings is 1. The van der Waals surface area contributed by atoms with Gasteiger partial charge in [0.15, 0.2) is 0 Å². The molecule has 0 unspecified atom stereocenters. The molecule has 2 rings (SSSR count). The van der Waals surface area contributed by atoms with Gasteiger partial charge in [-0.15, -0.1) is 0 Å². The monoisotopic (exact) mass is 205 g/mol. The van der Waals surface area contributed by atoms with Crippen molar-refractivity contribution < 1.29 is 9.84 Å². The Balaban J connectivity index is 2.26. The molecular formula is C10H11N3O2. The van der Waals surface area contributed by atoms with Crippen molar-refractivity contribution in [3.05, 3.63) is 30.5 Å². The molecule has 0 aliphatic carbocycles.